The molecule has 0 spiro atoms. The van der Waals surface area contributed by atoms with E-state index in [1.165, 1.54) is 16.2 Å². The molecule has 5 nitrogen and oxygen atoms in total. The van der Waals surface area contributed by atoms with Gasteiger partial charge in [0.05, 0.1) is 27.2 Å². The van der Waals surface area contributed by atoms with Crippen LogP contribution in [0.4, 0.5) is 5.69 Å². The van der Waals surface area contributed by atoms with E-state index in [2.05, 4.69) is 4.98 Å². The second-order valence-electron chi connectivity index (χ2n) is 7.86. The molecule has 0 aliphatic carbocycles. The molecule has 1 aromatic heterocycles. The number of rotatable bonds is 4. The van der Waals surface area contributed by atoms with Crippen LogP contribution in [-0.4, -0.2) is 21.8 Å². The second-order valence-corrected chi connectivity index (χ2v) is 9.50. The average Bonchev–Trinajstić information content (AvgIpc) is 3.28. The molecule has 1 aliphatic rings. The van der Waals surface area contributed by atoms with Crippen molar-refractivity contribution in [2.24, 2.45) is 0 Å². The summed E-state index contributed by atoms with van der Waals surface area (Å²) in [5.74, 6) is -1.59. The van der Waals surface area contributed by atoms with Crippen LogP contribution in [0.25, 0.3) is 10.8 Å². The van der Waals surface area contributed by atoms with Gasteiger partial charge in [-0.15, -0.1) is 11.3 Å². The van der Waals surface area contributed by atoms with Gasteiger partial charge in [-0.1, -0.05) is 60.1 Å². The molecule has 164 valence electrons. The van der Waals surface area contributed by atoms with Gasteiger partial charge in [0, 0.05) is 10.7 Å². The van der Waals surface area contributed by atoms with Crippen LogP contribution < -0.4 is 4.90 Å². The first-order valence-corrected chi connectivity index (χ1v) is 11.5. The molecule has 1 N–H and O–H groups in total. The van der Waals surface area contributed by atoms with Crippen molar-refractivity contribution in [3.8, 4) is 0 Å². The molecular formula is C26H19ClN2O3S. The lowest BCUT2D eigenvalue weighted by Gasteiger charge is -2.28. The van der Waals surface area contributed by atoms with Gasteiger partial charge in [0.15, 0.2) is 5.76 Å². The number of carbonyl (C=O) groups is 2. The van der Waals surface area contributed by atoms with E-state index in [-0.39, 0.29) is 5.57 Å². The molecule has 1 atom stereocenters. The highest BCUT2D eigenvalue weighted by Gasteiger charge is 2.45. The number of benzene rings is 3. The molecule has 1 unspecified atom stereocenters. The summed E-state index contributed by atoms with van der Waals surface area (Å²) in [4.78, 5) is 33.4. The van der Waals surface area contributed by atoms with Crippen molar-refractivity contribution in [2.75, 3.05) is 4.90 Å². The molecule has 0 saturated carbocycles. The normalized spacial score (nSPS) is 16.2. The highest BCUT2D eigenvalue weighted by atomic mass is 35.5. The number of carbonyl (C=O) groups excluding carboxylic acids is 2. The van der Waals surface area contributed by atoms with E-state index < -0.39 is 23.5 Å². The summed E-state index contributed by atoms with van der Waals surface area (Å²) < 4.78 is 0. The van der Waals surface area contributed by atoms with Crippen molar-refractivity contribution in [3.63, 3.8) is 0 Å². The molecule has 33 heavy (non-hydrogen) atoms. The van der Waals surface area contributed by atoms with E-state index in [9.17, 15) is 14.7 Å². The van der Waals surface area contributed by atoms with E-state index in [4.69, 9.17) is 11.6 Å². The summed E-state index contributed by atoms with van der Waals surface area (Å²) in [5.41, 5.74) is 1.86. The summed E-state index contributed by atoms with van der Waals surface area (Å²) in [6, 6.07) is 19.5. The van der Waals surface area contributed by atoms with Gasteiger partial charge in [-0.3, -0.25) is 14.5 Å². The van der Waals surface area contributed by atoms with Crippen molar-refractivity contribution < 1.29 is 14.7 Å². The number of aliphatic hydroxyl groups excluding tert-OH is 1. The predicted octanol–water partition coefficient (Wildman–Crippen LogP) is 6.35. The van der Waals surface area contributed by atoms with Gasteiger partial charge in [-0.25, -0.2) is 4.98 Å². The van der Waals surface area contributed by atoms with E-state index in [1.54, 1.807) is 31.2 Å². The maximum Gasteiger partial charge on any atom is 0.294 e. The number of aliphatic hydroxyl groups is 1. The number of fused-ring (bicyclic) bond motifs is 1. The monoisotopic (exact) mass is 474 g/mol. The largest absolute Gasteiger partial charge is 0.503 e. The molecule has 7 heteroatoms. The number of amides is 1. The number of halogens is 1. The van der Waals surface area contributed by atoms with Crippen molar-refractivity contribution in [1.82, 2.24) is 4.98 Å². The van der Waals surface area contributed by atoms with Crippen LogP contribution in [0.3, 0.4) is 0 Å². The smallest absolute Gasteiger partial charge is 0.294 e. The Balaban J connectivity index is 1.77. The molecule has 0 radical (unpaired) electrons. The Labute approximate surface area is 199 Å². The van der Waals surface area contributed by atoms with Gasteiger partial charge in [0.2, 0.25) is 5.78 Å². The summed E-state index contributed by atoms with van der Waals surface area (Å²) in [6.07, 6.45) is 0. The molecule has 0 bridgehead atoms. The lowest BCUT2D eigenvalue weighted by atomic mass is 9.91. The molecule has 3 aromatic carbocycles. The number of anilines is 1. The molecule has 2 heterocycles. The number of ketones is 1. The maximum atomic E-state index is 13.7. The molecular weight excluding hydrogens is 456 g/mol. The van der Waals surface area contributed by atoms with Crippen molar-refractivity contribution >= 4 is 51.1 Å². The van der Waals surface area contributed by atoms with Crippen LogP contribution in [0, 0.1) is 13.8 Å². The zero-order valence-corrected chi connectivity index (χ0v) is 19.4. The zero-order chi connectivity index (χ0) is 23.3. The number of aromatic nitrogens is 1. The van der Waals surface area contributed by atoms with Gasteiger partial charge in [-0.05, 0) is 48.4 Å². The fourth-order valence-corrected chi connectivity index (χ4v) is 5.44. The molecule has 5 rings (SSSR count). The number of aryl methyl sites for hydroxylation is 2. The number of Topliss-reactive ketones (excluding diaryl/α,β-unsaturated/α-hetero) is 1. The van der Waals surface area contributed by atoms with Gasteiger partial charge in [0.1, 0.15) is 0 Å². The third kappa shape index (κ3) is 3.52. The minimum Gasteiger partial charge on any atom is -0.503 e. The SMILES string of the molecule is Cc1nc(C)c(C(=O)C2=C(O)C(=O)N(c3cccc(Cl)c3)C2c2cccc3ccccc23)s1. The summed E-state index contributed by atoms with van der Waals surface area (Å²) in [5, 5.41) is 14.1. The highest BCUT2D eigenvalue weighted by Crippen LogP contribution is 2.44. The Morgan fingerprint density at radius 2 is 1.79 bits per heavy atom. The van der Waals surface area contributed by atoms with Crippen LogP contribution in [-0.2, 0) is 4.79 Å². The van der Waals surface area contributed by atoms with Crippen LogP contribution in [0.15, 0.2) is 78.1 Å². The number of nitrogens with zero attached hydrogens (tertiary/aromatic N) is 2. The van der Waals surface area contributed by atoms with Crippen LogP contribution >= 0.6 is 22.9 Å². The van der Waals surface area contributed by atoms with Crippen LogP contribution in [0.1, 0.15) is 32.0 Å². The quantitative estimate of drug-likeness (QED) is 0.350. The van der Waals surface area contributed by atoms with E-state index in [0.29, 0.717) is 21.3 Å². The topological polar surface area (TPSA) is 70.5 Å². The Bertz CT molecular complexity index is 1470. The van der Waals surface area contributed by atoms with Crippen LogP contribution in [0.2, 0.25) is 5.02 Å². The van der Waals surface area contributed by atoms with Gasteiger partial charge < -0.3 is 5.11 Å². The van der Waals surface area contributed by atoms with Gasteiger partial charge in [-0.2, -0.15) is 0 Å². The van der Waals surface area contributed by atoms with Crippen molar-refractivity contribution in [1.29, 1.82) is 0 Å². The summed E-state index contributed by atoms with van der Waals surface area (Å²) in [7, 11) is 0. The molecule has 1 aliphatic heterocycles. The summed E-state index contributed by atoms with van der Waals surface area (Å²) in [6.45, 7) is 3.58. The lowest BCUT2D eigenvalue weighted by molar-refractivity contribution is -0.117. The first-order valence-electron chi connectivity index (χ1n) is 10.4. The maximum absolute atomic E-state index is 13.7. The van der Waals surface area contributed by atoms with Gasteiger partial charge >= 0.3 is 0 Å². The average molecular weight is 475 g/mol. The summed E-state index contributed by atoms with van der Waals surface area (Å²) >= 11 is 7.48. The Morgan fingerprint density at radius 1 is 1.06 bits per heavy atom. The molecule has 1 amide bonds. The van der Waals surface area contributed by atoms with E-state index in [1.807, 2.05) is 49.4 Å². The van der Waals surface area contributed by atoms with E-state index >= 15 is 0 Å². The molecule has 0 saturated heterocycles. The Kier molecular flexibility index (Phi) is 5.27. The highest BCUT2D eigenvalue weighted by molar-refractivity contribution is 7.14. The fourth-order valence-electron chi connectivity index (χ4n) is 4.38. The van der Waals surface area contributed by atoms with Crippen molar-refractivity contribution in [2.45, 2.75) is 19.9 Å². The lowest BCUT2D eigenvalue weighted by Crippen LogP contribution is -2.31. The minimum atomic E-state index is -0.823. The third-order valence-corrected chi connectivity index (χ3v) is 7.07. The minimum absolute atomic E-state index is 0.0445. The standard InChI is InChI=1S/C26H19ClN2O3S/c1-14-25(33-15(2)28-14)23(30)21-22(20-12-5-8-16-7-3-4-11-19(16)20)29(26(32)24(21)31)18-10-6-9-17(27)13-18/h3-13,22,31H,1-2H3. The van der Waals surface area contributed by atoms with Crippen LogP contribution in [0.5, 0.6) is 0 Å². The predicted molar refractivity (Wildman–Crippen MR) is 131 cm³/mol. The third-order valence-electron chi connectivity index (χ3n) is 5.77. The Hall–Kier alpha value is -3.48. The molecule has 4 aromatic rings. The Morgan fingerprint density at radius 3 is 2.52 bits per heavy atom. The van der Waals surface area contributed by atoms with Gasteiger partial charge in [0.25, 0.3) is 5.91 Å². The number of hydrogen-bond donors (Lipinski definition) is 1. The zero-order valence-electron chi connectivity index (χ0n) is 17.9. The fraction of sp³-hybridized carbons (Fsp3) is 0.115. The number of thiazole rings is 1. The molecule has 0 fully saturated rings. The first-order chi connectivity index (χ1) is 15.9. The number of hydrogen-bond acceptors (Lipinski definition) is 5. The van der Waals surface area contributed by atoms with E-state index in [0.717, 1.165) is 21.3 Å². The second kappa shape index (κ2) is 8.14. The van der Waals surface area contributed by atoms with Crippen molar-refractivity contribution in [3.05, 3.63) is 104 Å². The first kappa shape index (κ1) is 21.4.